The Bertz CT molecular complexity index is 197. The molecule has 0 aromatic rings. The van der Waals surface area contributed by atoms with Crippen molar-refractivity contribution >= 4 is 23.1 Å². The highest BCUT2D eigenvalue weighted by atomic mass is 32.1. The third kappa shape index (κ3) is 5.88. The van der Waals surface area contributed by atoms with Gasteiger partial charge in [0.1, 0.15) is 6.61 Å². The zero-order chi connectivity index (χ0) is 11.0. The Morgan fingerprint density at radius 3 is 2.64 bits per heavy atom. The normalized spacial score (nSPS) is 12.1. The molecule has 1 unspecified atom stereocenters. The van der Waals surface area contributed by atoms with Crippen LogP contribution in [-0.4, -0.2) is 30.2 Å². The van der Waals surface area contributed by atoms with Crippen LogP contribution in [0.4, 0.5) is 0 Å². The first kappa shape index (κ1) is 13.3. The summed E-state index contributed by atoms with van der Waals surface area (Å²) in [6, 6.07) is -0.206. The van der Waals surface area contributed by atoms with Crippen LogP contribution in [0.2, 0.25) is 0 Å². The van der Waals surface area contributed by atoms with Crippen LogP contribution in [0.15, 0.2) is 0 Å². The van der Waals surface area contributed by atoms with Gasteiger partial charge in [-0.1, -0.05) is 25.6 Å². The molecular weight excluding hydrogens is 200 g/mol. The Morgan fingerprint density at radius 1 is 1.57 bits per heavy atom. The van der Waals surface area contributed by atoms with E-state index in [0.29, 0.717) is 11.6 Å². The Balaban J connectivity index is 3.90. The Kier molecular flexibility index (Phi) is 7.32. The lowest BCUT2D eigenvalue weighted by Crippen LogP contribution is -2.44. The fourth-order valence-electron chi connectivity index (χ4n) is 1.00. The first-order valence-electron chi connectivity index (χ1n) is 4.78. The van der Waals surface area contributed by atoms with E-state index in [0.717, 1.165) is 12.8 Å². The average molecular weight is 218 g/mol. The lowest BCUT2D eigenvalue weighted by atomic mass is 10.1. The molecule has 14 heavy (non-hydrogen) atoms. The van der Waals surface area contributed by atoms with Gasteiger partial charge in [-0.2, -0.15) is 0 Å². The molecule has 0 aliphatic carbocycles. The van der Waals surface area contributed by atoms with Gasteiger partial charge in [-0.3, -0.25) is 4.79 Å². The number of nitrogens with one attached hydrogen (secondary N) is 1. The van der Waals surface area contributed by atoms with Gasteiger partial charge in [0, 0.05) is 6.61 Å². The first-order chi connectivity index (χ1) is 6.61. The molecule has 0 spiro atoms. The molecule has 3 N–H and O–H groups in total. The van der Waals surface area contributed by atoms with Gasteiger partial charge in [-0.15, -0.1) is 0 Å². The van der Waals surface area contributed by atoms with Crippen LogP contribution in [0, 0.1) is 0 Å². The molecule has 0 aromatic carbocycles. The van der Waals surface area contributed by atoms with Crippen LogP contribution in [0.3, 0.4) is 0 Å². The Labute approximate surface area is 90.2 Å². The quantitative estimate of drug-likeness (QED) is 0.614. The summed E-state index contributed by atoms with van der Waals surface area (Å²) in [5, 5.41) is 2.72. The van der Waals surface area contributed by atoms with Crippen LogP contribution < -0.4 is 11.1 Å². The lowest BCUT2D eigenvalue weighted by molar-refractivity contribution is -0.125. The van der Waals surface area contributed by atoms with E-state index < -0.39 is 0 Å². The summed E-state index contributed by atoms with van der Waals surface area (Å²) in [5.74, 6) is -0.168. The SMILES string of the molecule is CCCC(NC(=O)COCC)C(N)=S. The molecule has 0 aliphatic heterocycles. The zero-order valence-corrected chi connectivity index (χ0v) is 9.52. The second-order valence-corrected chi connectivity index (χ2v) is 3.42. The zero-order valence-electron chi connectivity index (χ0n) is 8.71. The monoisotopic (exact) mass is 218 g/mol. The van der Waals surface area contributed by atoms with E-state index in [-0.39, 0.29) is 18.6 Å². The van der Waals surface area contributed by atoms with Crippen molar-refractivity contribution in [1.29, 1.82) is 0 Å². The summed E-state index contributed by atoms with van der Waals surface area (Å²) in [6.07, 6.45) is 1.70. The lowest BCUT2D eigenvalue weighted by Gasteiger charge is -2.16. The highest BCUT2D eigenvalue weighted by molar-refractivity contribution is 7.80. The topological polar surface area (TPSA) is 64.3 Å². The minimum absolute atomic E-state index is 0.0688. The van der Waals surface area contributed by atoms with E-state index in [1.54, 1.807) is 0 Å². The standard InChI is InChI=1S/C9H18N2O2S/c1-3-5-7(9(10)14)11-8(12)6-13-4-2/h7H,3-6H2,1-2H3,(H2,10,14)(H,11,12). The van der Waals surface area contributed by atoms with Crippen molar-refractivity contribution in [2.24, 2.45) is 5.73 Å². The number of carbonyl (C=O) groups excluding carboxylic acids is 1. The predicted molar refractivity (Wildman–Crippen MR) is 60.1 cm³/mol. The fourth-order valence-corrected chi connectivity index (χ4v) is 1.18. The maximum Gasteiger partial charge on any atom is 0.246 e. The van der Waals surface area contributed by atoms with Crippen molar-refractivity contribution in [2.75, 3.05) is 13.2 Å². The average Bonchev–Trinajstić information content (AvgIpc) is 2.14. The largest absolute Gasteiger partial charge is 0.392 e. The van der Waals surface area contributed by atoms with Gasteiger partial charge in [0.2, 0.25) is 5.91 Å². The van der Waals surface area contributed by atoms with E-state index in [4.69, 9.17) is 22.7 Å². The molecule has 0 saturated heterocycles. The third-order valence-corrected chi connectivity index (χ3v) is 1.98. The van der Waals surface area contributed by atoms with Gasteiger partial charge < -0.3 is 15.8 Å². The van der Waals surface area contributed by atoms with Crippen LogP contribution >= 0.6 is 12.2 Å². The molecule has 0 fully saturated rings. The van der Waals surface area contributed by atoms with Gasteiger partial charge in [-0.25, -0.2) is 0 Å². The molecule has 0 rings (SSSR count). The summed E-state index contributed by atoms with van der Waals surface area (Å²) >= 11 is 4.84. The van der Waals surface area contributed by atoms with Crippen LogP contribution in [0.25, 0.3) is 0 Å². The van der Waals surface area contributed by atoms with E-state index >= 15 is 0 Å². The smallest absolute Gasteiger partial charge is 0.246 e. The molecule has 4 nitrogen and oxygen atoms in total. The number of hydrogen-bond donors (Lipinski definition) is 2. The van der Waals surface area contributed by atoms with Gasteiger partial charge in [0.25, 0.3) is 0 Å². The minimum atomic E-state index is -0.206. The minimum Gasteiger partial charge on any atom is -0.392 e. The summed E-state index contributed by atoms with van der Waals surface area (Å²) < 4.78 is 4.96. The predicted octanol–water partition coefficient (Wildman–Crippen LogP) is 0.594. The van der Waals surface area contributed by atoms with Crippen LogP contribution in [-0.2, 0) is 9.53 Å². The number of thiocarbonyl (C=S) groups is 1. The van der Waals surface area contributed by atoms with Gasteiger partial charge >= 0.3 is 0 Å². The van der Waals surface area contributed by atoms with E-state index in [9.17, 15) is 4.79 Å². The first-order valence-corrected chi connectivity index (χ1v) is 5.19. The highest BCUT2D eigenvalue weighted by Gasteiger charge is 2.13. The van der Waals surface area contributed by atoms with Crippen molar-refractivity contribution in [3.8, 4) is 0 Å². The van der Waals surface area contributed by atoms with E-state index in [1.165, 1.54) is 0 Å². The van der Waals surface area contributed by atoms with E-state index in [1.807, 2.05) is 13.8 Å². The van der Waals surface area contributed by atoms with Crippen molar-refractivity contribution in [3.05, 3.63) is 0 Å². The molecule has 1 amide bonds. The number of amides is 1. The van der Waals surface area contributed by atoms with Gasteiger partial charge in [-0.05, 0) is 13.3 Å². The molecule has 1 atom stereocenters. The van der Waals surface area contributed by atoms with Crippen LogP contribution in [0.1, 0.15) is 26.7 Å². The molecular formula is C9H18N2O2S. The Hall–Kier alpha value is -0.680. The Morgan fingerprint density at radius 2 is 2.21 bits per heavy atom. The molecule has 0 aliphatic rings. The number of ether oxygens (including phenoxy) is 1. The maximum atomic E-state index is 11.2. The summed E-state index contributed by atoms with van der Waals surface area (Å²) in [7, 11) is 0. The number of nitrogens with two attached hydrogens (primary N) is 1. The molecule has 0 saturated carbocycles. The summed E-state index contributed by atoms with van der Waals surface area (Å²) in [4.78, 5) is 11.6. The molecule has 5 heteroatoms. The molecule has 0 bridgehead atoms. The van der Waals surface area contributed by atoms with E-state index in [2.05, 4.69) is 5.32 Å². The summed E-state index contributed by atoms with van der Waals surface area (Å²) in [6.45, 7) is 4.45. The maximum absolute atomic E-state index is 11.2. The molecule has 0 radical (unpaired) electrons. The highest BCUT2D eigenvalue weighted by Crippen LogP contribution is 1.96. The number of rotatable bonds is 7. The molecule has 82 valence electrons. The third-order valence-electron chi connectivity index (χ3n) is 1.69. The number of carbonyl (C=O) groups is 1. The van der Waals surface area contributed by atoms with Crippen molar-refractivity contribution < 1.29 is 9.53 Å². The van der Waals surface area contributed by atoms with Crippen molar-refractivity contribution in [1.82, 2.24) is 5.32 Å². The molecule has 0 heterocycles. The number of hydrogen-bond acceptors (Lipinski definition) is 3. The fraction of sp³-hybridized carbons (Fsp3) is 0.778. The van der Waals surface area contributed by atoms with Crippen molar-refractivity contribution in [3.63, 3.8) is 0 Å². The van der Waals surface area contributed by atoms with Gasteiger partial charge in [0.15, 0.2) is 0 Å². The second kappa shape index (κ2) is 7.70. The van der Waals surface area contributed by atoms with Gasteiger partial charge in [0.05, 0.1) is 11.0 Å². The van der Waals surface area contributed by atoms with Crippen LogP contribution in [0.5, 0.6) is 0 Å². The summed E-state index contributed by atoms with van der Waals surface area (Å²) in [5.41, 5.74) is 5.48. The second-order valence-electron chi connectivity index (χ2n) is 2.95. The van der Waals surface area contributed by atoms with Crippen molar-refractivity contribution in [2.45, 2.75) is 32.7 Å². The molecule has 0 aromatic heterocycles.